The van der Waals surface area contributed by atoms with Crippen LogP contribution >= 0.6 is 11.8 Å². The predicted molar refractivity (Wildman–Crippen MR) is 94.9 cm³/mol. The standard InChI is InChI=1S/C19H19FN2O3S/c20-13-3-4-17-15(9-13)16(5-7-26-17)21-19(24)12-8-18(23)22(10-12)11-14-2-1-6-25-14/h1-4,6,9,12,16H,5,7-8,10-11H2,(H,21,24). The Kier molecular flexibility index (Phi) is 4.72. The molecule has 0 aliphatic carbocycles. The minimum absolute atomic E-state index is 0.0489. The Morgan fingerprint density at radius 2 is 2.27 bits per heavy atom. The third kappa shape index (κ3) is 3.49. The van der Waals surface area contributed by atoms with Crippen molar-refractivity contribution < 1.29 is 18.4 Å². The number of fused-ring (bicyclic) bond motifs is 1. The number of likely N-dealkylation sites (tertiary alicyclic amines) is 1. The van der Waals surface area contributed by atoms with E-state index in [1.807, 2.05) is 6.07 Å². The van der Waals surface area contributed by atoms with Gasteiger partial charge >= 0.3 is 0 Å². The molecule has 1 N–H and O–H groups in total. The average Bonchev–Trinajstić information content (AvgIpc) is 3.26. The molecule has 4 rings (SSSR count). The molecule has 2 unspecified atom stereocenters. The Bertz CT molecular complexity index is 824. The maximum absolute atomic E-state index is 13.6. The van der Waals surface area contributed by atoms with Crippen LogP contribution in [0.4, 0.5) is 4.39 Å². The quantitative estimate of drug-likeness (QED) is 0.893. The molecule has 2 aliphatic heterocycles. The van der Waals surface area contributed by atoms with E-state index in [4.69, 9.17) is 4.42 Å². The van der Waals surface area contributed by atoms with E-state index >= 15 is 0 Å². The summed E-state index contributed by atoms with van der Waals surface area (Å²) >= 11 is 1.67. The molecule has 2 aromatic rings. The Morgan fingerprint density at radius 3 is 3.08 bits per heavy atom. The van der Waals surface area contributed by atoms with Gasteiger partial charge in [0.1, 0.15) is 11.6 Å². The number of hydrogen-bond donors (Lipinski definition) is 1. The fourth-order valence-electron chi connectivity index (χ4n) is 3.50. The van der Waals surface area contributed by atoms with E-state index < -0.39 is 0 Å². The molecule has 1 aromatic carbocycles. The van der Waals surface area contributed by atoms with Gasteiger partial charge in [0.25, 0.3) is 0 Å². The number of furan rings is 1. The molecule has 1 fully saturated rings. The molecule has 0 bridgehead atoms. The molecule has 1 saturated heterocycles. The second-order valence-electron chi connectivity index (χ2n) is 6.64. The van der Waals surface area contributed by atoms with Crippen LogP contribution in [0.15, 0.2) is 45.9 Å². The summed E-state index contributed by atoms with van der Waals surface area (Å²) in [4.78, 5) is 27.5. The summed E-state index contributed by atoms with van der Waals surface area (Å²) in [5, 5.41) is 3.02. The number of halogens is 1. The molecule has 0 saturated carbocycles. The van der Waals surface area contributed by atoms with Crippen molar-refractivity contribution in [1.29, 1.82) is 0 Å². The van der Waals surface area contributed by atoms with Crippen LogP contribution < -0.4 is 5.32 Å². The fraction of sp³-hybridized carbons (Fsp3) is 0.368. The van der Waals surface area contributed by atoms with Gasteiger partial charge in [-0.2, -0.15) is 0 Å². The summed E-state index contributed by atoms with van der Waals surface area (Å²) in [6, 6.07) is 8.08. The van der Waals surface area contributed by atoms with Gasteiger partial charge in [-0.05, 0) is 42.3 Å². The molecular weight excluding hydrogens is 355 g/mol. The summed E-state index contributed by atoms with van der Waals surface area (Å²) in [6.45, 7) is 0.757. The van der Waals surface area contributed by atoms with Crippen LogP contribution in [0.3, 0.4) is 0 Å². The van der Waals surface area contributed by atoms with E-state index in [2.05, 4.69) is 5.32 Å². The largest absolute Gasteiger partial charge is 0.467 e. The van der Waals surface area contributed by atoms with Gasteiger partial charge in [-0.25, -0.2) is 4.39 Å². The van der Waals surface area contributed by atoms with Gasteiger partial charge < -0.3 is 14.6 Å². The molecule has 2 atom stereocenters. The minimum Gasteiger partial charge on any atom is -0.467 e. The topological polar surface area (TPSA) is 62.6 Å². The number of nitrogens with zero attached hydrogens (tertiary/aromatic N) is 1. The smallest absolute Gasteiger partial charge is 0.225 e. The zero-order valence-corrected chi connectivity index (χ0v) is 14.9. The molecule has 0 radical (unpaired) electrons. The average molecular weight is 374 g/mol. The van der Waals surface area contributed by atoms with Gasteiger partial charge in [0.15, 0.2) is 0 Å². The van der Waals surface area contributed by atoms with E-state index in [0.717, 1.165) is 22.6 Å². The van der Waals surface area contributed by atoms with E-state index in [1.54, 1.807) is 35.1 Å². The van der Waals surface area contributed by atoms with Crippen LogP contribution in [0.25, 0.3) is 0 Å². The van der Waals surface area contributed by atoms with Crippen LogP contribution in [0.5, 0.6) is 0 Å². The van der Waals surface area contributed by atoms with E-state index in [0.29, 0.717) is 18.8 Å². The lowest BCUT2D eigenvalue weighted by Crippen LogP contribution is -2.36. The maximum Gasteiger partial charge on any atom is 0.225 e. The van der Waals surface area contributed by atoms with Crippen LogP contribution in [0, 0.1) is 11.7 Å². The van der Waals surface area contributed by atoms with Crippen molar-refractivity contribution in [2.24, 2.45) is 5.92 Å². The van der Waals surface area contributed by atoms with E-state index in [1.165, 1.54) is 12.1 Å². The molecule has 26 heavy (non-hydrogen) atoms. The highest BCUT2D eigenvalue weighted by Crippen LogP contribution is 2.36. The van der Waals surface area contributed by atoms with E-state index in [9.17, 15) is 14.0 Å². The number of hydrogen-bond acceptors (Lipinski definition) is 4. The highest BCUT2D eigenvalue weighted by molar-refractivity contribution is 7.99. The number of thioether (sulfide) groups is 1. The van der Waals surface area contributed by atoms with Crippen molar-refractivity contribution in [3.05, 3.63) is 53.7 Å². The van der Waals surface area contributed by atoms with Crippen LogP contribution in [0.1, 0.15) is 30.2 Å². The first-order valence-corrected chi connectivity index (χ1v) is 9.61. The first-order valence-electron chi connectivity index (χ1n) is 8.63. The molecule has 1 aromatic heterocycles. The Hall–Kier alpha value is -2.28. The second kappa shape index (κ2) is 7.15. The van der Waals surface area contributed by atoms with Gasteiger partial charge in [0.05, 0.1) is 24.8 Å². The number of amides is 2. The lowest BCUT2D eigenvalue weighted by molar-refractivity contribution is -0.129. The van der Waals surface area contributed by atoms with Crippen molar-refractivity contribution in [2.75, 3.05) is 12.3 Å². The lowest BCUT2D eigenvalue weighted by atomic mass is 10.0. The van der Waals surface area contributed by atoms with Crippen molar-refractivity contribution in [3.63, 3.8) is 0 Å². The Labute approximate surface area is 154 Å². The van der Waals surface area contributed by atoms with Crippen molar-refractivity contribution >= 4 is 23.6 Å². The van der Waals surface area contributed by atoms with Crippen LogP contribution in [-0.2, 0) is 16.1 Å². The third-order valence-corrected chi connectivity index (χ3v) is 5.96. The van der Waals surface area contributed by atoms with Gasteiger partial charge in [-0.15, -0.1) is 11.8 Å². The summed E-state index contributed by atoms with van der Waals surface area (Å²) in [5.41, 5.74) is 0.825. The molecule has 3 heterocycles. The molecule has 7 heteroatoms. The monoisotopic (exact) mass is 374 g/mol. The zero-order chi connectivity index (χ0) is 18.1. The van der Waals surface area contributed by atoms with Crippen molar-refractivity contribution in [3.8, 4) is 0 Å². The summed E-state index contributed by atoms with van der Waals surface area (Å²) < 4.78 is 18.9. The van der Waals surface area contributed by atoms with Crippen molar-refractivity contribution in [2.45, 2.75) is 30.3 Å². The van der Waals surface area contributed by atoms with Gasteiger partial charge in [0.2, 0.25) is 11.8 Å². The van der Waals surface area contributed by atoms with Gasteiger partial charge in [0, 0.05) is 23.6 Å². The zero-order valence-electron chi connectivity index (χ0n) is 14.1. The van der Waals surface area contributed by atoms with Crippen LogP contribution in [-0.4, -0.2) is 29.0 Å². The normalized spacial score (nSPS) is 22.3. The number of carbonyl (C=O) groups excluding carboxylic acids is 2. The predicted octanol–water partition coefficient (Wildman–Crippen LogP) is 3.12. The number of nitrogens with one attached hydrogen (secondary N) is 1. The second-order valence-corrected chi connectivity index (χ2v) is 7.77. The summed E-state index contributed by atoms with van der Waals surface area (Å²) in [5.74, 6) is 0.695. The third-order valence-electron chi connectivity index (χ3n) is 4.84. The first kappa shape index (κ1) is 17.1. The molecule has 2 aliphatic rings. The number of carbonyl (C=O) groups is 2. The van der Waals surface area contributed by atoms with Crippen molar-refractivity contribution in [1.82, 2.24) is 10.2 Å². The van der Waals surface area contributed by atoms with E-state index in [-0.39, 0.29) is 36.0 Å². The summed E-state index contributed by atoms with van der Waals surface area (Å²) in [7, 11) is 0. The molecule has 2 amide bonds. The number of benzene rings is 1. The fourth-order valence-corrected chi connectivity index (χ4v) is 4.60. The Morgan fingerprint density at radius 1 is 1.38 bits per heavy atom. The van der Waals surface area contributed by atoms with Gasteiger partial charge in [-0.3, -0.25) is 9.59 Å². The maximum atomic E-state index is 13.6. The Balaban J connectivity index is 1.42. The van der Waals surface area contributed by atoms with Crippen LogP contribution in [0.2, 0.25) is 0 Å². The highest BCUT2D eigenvalue weighted by Gasteiger charge is 2.36. The van der Waals surface area contributed by atoms with Gasteiger partial charge in [-0.1, -0.05) is 0 Å². The highest BCUT2D eigenvalue weighted by atomic mass is 32.2. The minimum atomic E-state index is -0.385. The molecular formula is C19H19FN2O3S. The first-order chi connectivity index (χ1) is 12.6. The summed E-state index contributed by atoms with van der Waals surface area (Å²) in [6.07, 6.45) is 2.52. The molecule has 5 nitrogen and oxygen atoms in total. The SMILES string of the molecule is O=C(NC1CCSc2ccc(F)cc21)C1CC(=O)N(Cc2ccco2)C1. The molecule has 136 valence electrons. The lowest BCUT2D eigenvalue weighted by Gasteiger charge is -2.27. The number of rotatable bonds is 4. The molecule has 0 spiro atoms.